The van der Waals surface area contributed by atoms with Gasteiger partial charge in [-0.2, -0.15) is 0 Å². The number of aromatic nitrogens is 2. The van der Waals surface area contributed by atoms with E-state index in [0.29, 0.717) is 17.5 Å². The van der Waals surface area contributed by atoms with Crippen molar-refractivity contribution in [2.75, 3.05) is 6.61 Å². The lowest BCUT2D eigenvalue weighted by molar-refractivity contribution is -0.0510. The molecule has 2 heterocycles. The maximum absolute atomic E-state index is 12.7. The zero-order valence-electron chi connectivity index (χ0n) is 12.8. The molecule has 6 heteroatoms. The molecule has 1 spiro atoms. The van der Waals surface area contributed by atoms with E-state index in [9.17, 15) is 15.0 Å². The summed E-state index contributed by atoms with van der Waals surface area (Å²) in [5.74, 6) is 0.0644. The van der Waals surface area contributed by atoms with Gasteiger partial charge in [-0.15, -0.1) is 0 Å². The van der Waals surface area contributed by atoms with Gasteiger partial charge in [-0.3, -0.25) is 9.36 Å². The predicted molar refractivity (Wildman–Crippen MR) is 84.5 cm³/mol. The van der Waals surface area contributed by atoms with Crippen molar-refractivity contribution in [3.8, 4) is 5.75 Å². The van der Waals surface area contributed by atoms with Crippen molar-refractivity contribution in [1.82, 2.24) is 9.55 Å². The number of aromatic hydroxyl groups is 1. The molecule has 1 saturated heterocycles. The molecule has 1 aliphatic heterocycles. The van der Waals surface area contributed by atoms with Crippen LogP contribution in [0.4, 0.5) is 0 Å². The first-order valence-corrected chi connectivity index (χ1v) is 8.08. The first kappa shape index (κ1) is 14.7. The predicted octanol–water partition coefficient (Wildman–Crippen LogP) is 1.74. The molecule has 122 valence electrons. The average molecular weight is 316 g/mol. The molecular formula is C17H20N2O4. The molecule has 1 atom stereocenters. The molecule has 23 heavy (non-hydrogen) atoms. The van der Waals surface area contributed by atoms with Crippen molar-refractivity contribution in [2.24, 2.45) is 0 Å². The highest BCUT2D eigenvalue weighted by atomic mass is 16.5. The molecule has 1 aromatic carbocycles. The van der Waals surface area contributed by atoms with E-state index in [-0.39, 0.29) is 29.1 Å². The van der Waals surface area contributed by atoms with Gasteiger partial charge in [0.15, 0.2) is 0 Å². The minimum Gasteiger partial charge on any atom is -0.508 e. The summed E-state index contributed by atoms with van der Waals surface area (Å²) in [5, 5.41) is 19.7. The van der Waals surface area contributed by atoms with Gasteiger partial charge >= 0.3 is 0 Å². The maximum Gasteiger partial charge on any atom is 0.261 e. The van der Waals surface area contributed by atoms with Crippen LogP contribution in [0, 0.1) is 0 Å². The Labute approximate surface area is 133 Å². The number of fused-ring (bicyclic) bond motifs is 1. The van der Waals surface area contributed by atoms with Crippen LogP contribution in [-0.4, -0.2) is 38.1 Å². The number of nitrogens with zero attached hydrogens (tertiary/aromatic N) is 2. The number of hydrogen-bond donors (Lipinski definition) is 2. The SMILES string of the molecule is O=c1c2cc(O)ccc2ncn1C1COC2(CCC(O)CC2)C1. The van der Waals surface area contributed by atoms with Gasteiger partial charge in [-0.05, 0) is 50.3 Å². The highest BCUT2D eigenvalue weighted by Gasteiger charge is 2.43. The molecule has 6 nitrogen and oxygen atoms in total. The number of phenols is 1. The Kier molecular flexibility index (Phi) is 3.39. The van der Waals surface area contributed by atoms with E-state index in [1.54, 1.807) is 17.0 Å². The smallest absolute Gasteiger partial charge is 0.261 e. The Hall–Kier alpha value is -1.92. The molecule has 1 aromatic heterocycles. The van der Waals surface area contributed by atoms with Crippen LogP contribution in [0.5, 0.6) is 5.75 Å². The number of benzene rings is 1. The first-order chi connectivity index (χ1) is 11.1. The molecule has 2 aliphatic rings. The summed E-state index contributed by atoms with van der Waals surface area (Å²) in [6, 6.07) is 4.59. The van der Waals surface area contributed by atoms with E-state index >= 15 is 0 Å². The minimum atomic E-state index is -0.226. The second-order valence-electron chi connectivity index (χ2n) is 6.74. The Balaban J connectivity index is 1.65. The summed E-state index contributed by atoms with van der Waals surface area (Å²) in [7, 11) is 0. The summed E-state index contributed by atoms with van der Waals surface area (Å²) < 4.78 is 7.67. The van der Waals surface area contributed by atoms with Gasteiger partial charge < -0.3 is 14.9 Å². The zero-order chi connectivity index (χ0) is 16.0. The van der Waals surface area contributed by atoms with Gasteiger partial charge in [-0.1, -0.05) is 0 Å². The topological polar surface area (TPSA) is 84.6 Å². The van der Waals surface area contributed by atoms with Crippen LogP contribution in [0.15, 0.2) is 29.3 Å². The number of hydrogen-bond acceptors (Lipinski definition) is 5. The molecule has 0 bridgehead atoms. The van der Waals surface area contributed by atoms with Gasteiger partial charge in [0.25, 0.3) is 5.56 Å². The molecule has 2 aromatic rings. The van der Waals surface area contributed by atoms with Gasteiger partial charge in [0.1, 0.15) is 5.75 Å². The fourth-order valence-electron chi connectivity index (χ4n) is 3.86. The summed E-state index contributed by atoms with van der Waals surface area (Å²) >= 11 is 0. The van der Waals surface area contributed by atoms with Gasteiger partial charge in [0.05, 0.1) is 41.6 Å². The molecule has 1 aliphatic carbocycles. The average Bonchev–Trinajstić information content (AvgIpc) is 2.95. The number of phenolic OH excluding ortho intramolecular Hbond substituents is 1. The van der Waals surface area contributed by atoms with E-state index in [4.69, 9.17) is 4.74 Å². The fraction of sp³-hybridized carbons (Fsp3) is 0.529. The molecular weight excluding hydrogens is 296 g/mol. The third kappa shape index (κ3) is 2.52. The highest BCUT2D eigenvalue weighted by Crippen LogP contribution is 2.43. The van der Waals surface area contributed by atoms with Gasteiger partial charge in [0.2, 0.25) is 0 Å². The molecule has 1 unspecified atom stereocenters. The Morgan fingerprint density at radius 2 is 2.09 bits per heavy atom. The van der Waals surface area contributed by atoms with Crippen LogP contribution in [0.25, 0.3) is 10.9 Å². The summed E-state index contributed by atoms with van der Waals surface area (Å²) in [6.45, 7) is 0.488. The van der Waals surface area contributed by atoms with Gasteiger partial charge in [0, 0.05) is 0 Å². The summed E-state index contributed by atoms with van der Waals surface area (Å²) in [6.07, 6.45) is 5.30. The van der Waals surface area contributed by atoms with Crippen molar-refractivity contribution in [3.05, 3.63) is 34.9 Å². The maximum atomic E-state index is 12.7. The lowest BCUT2D eigenvalue weighted by atomic mass is 9.81. The van der Waals surface area contributed by atoms with E-state index < -0.39 is 0 Å². The standard InChI is InChI=1S/C17H20N2O4/c20-12-3-5-17(6-4-12)8-11(9-23-17)19-10-18-15-2-1-13(21)7-14(15)16(19)22/h1-2,7,10-12,20-21H,3-6,8-9H2. The van der Waals surface area contributed by atoms with Crippen LogP contribution in [0.1, 0.15) is 38.1 Å². The van der Waals surface area contributed by atoms with Crippen molar-refractivity contribution in [1.29, 1.82) is 0 Å². The lowest BCUT2D eigenvalue weighted by Crippen LogP contribution is -2.35. The second kappa shape index (κ2) is 5.32. The molecule has 0 amide bonds. The first-order valence-electron chi connectivity index (χ1n) is 8.08. The van der Waals surface area contributed by atoms with E-state index in [1.165, 1.54) is 12.1 Å². The number of aliphatic hydroxyl groups excluding tert-OH is 1. The van der Waals surface area contributed by atoms with Crippen LogP contribution in [-0.2, 0) is 4.74 Å². The minimum absolute atomic E-state index is 0.0445. The Morgan fingerprint density at radius 1 is 1.30 bits per heavy atom. The normalized spacial score (nSPS) is 31.0. The summed E-state index contributed by atoms with van der Waals surface area (Å²) in [5.41, 5.74) is 0.225. The Morgan fingerprint density at radius 3 is 2.87 bits per heavy atom. The Bertz CT molecular complexity index is 793. The van der Waals surface area contributed by atoms with Crippen LogP contribution in [0.3, 0.4) is 0 Å². The summed E-state index contributed by atoms with van der Waals surface area (Å²) in [4.78, 5) is 17.0. The molecule has 2 N–H and O–H groups in total. The van der Waals surface area contributed by atoms with Crippen molar-refractivity contribution < 1.29 is 14.9 Å². The third-order valence-corrected chi connectivity index (χ3v) is 5.22. The second-order valence-corrected chi connectivity index (χ2v) is 6.74. The molecule has 1 saturated carbocycles. The van der Waals surface area contributed by atoms with Gasteiger partial charge in [-0.25, -0.2) is 4.98 Å². The largest absolute Gasteiger partial charge is 0.508 e. The van der Waals surface area contributed by atoms with Crippen LogP contribution < -0.4 is 5.56 Å². The number of aliphatic hydroxyl groups is 1. The number of ether oxygens (including phenoxy) is 1. The van der Waals surface area contributed by atoms with Crippen molar-refractivity contribution in [3.63, 3.8) is 0 Å². The molecule has 2 fully saturated rings. The quantitative estimate of drug-likeness (QED) is 0.837. The van der Waals surface area contributed by atoms with E-state index in [0.717, 1.165) is 32.1 Å². The van der Waals surface area contributed by atoms with Crippen molar-refractivity contribution >= 4 is 10.9 Å². The van der Waals surface area contributed by atoms with Crippen molar-refractivity contribution in [2.45, 2.75) is 49.9 Å². The monoisotopic (exact) mass is 316 g/mol. The van der Waals surface area contributed by atoms with E-state index in [1.807, 2.05) is 0 Å². The molecule has 0 radical (unpaired) electrons. The number of rotatable bonds is 1. The zero-order valence-corrected chi connectivity index (χ0v) is 12.8. The van der Waals surface area contributed by atoms with Crippen LogP contribution >= 0.6 is 0 Å². The highest BCUT2D eigenvalue weighted by molar-refractivity contribution is 5.78. The van der Waals surface area contributed by atoms with E-state index in [2.05, 4.69) is 4.98 Å². The molecule has 4 rings (SSSR count). The fourth-order valence-corrected chi connectivity index (χ4v) is 3.86. The van der Waals surface area contributed by atoms with Crippen LogP contribution in [0.2, 0.25) is 0 Å². The third-order valence-electron chi connectivity index (χ3n) is 5.22. The lowest BCUT2D eigenvalue weighted by Gasteiger charge is -2.34.